The number of carbonyl (C=O) groups is 1. The van der Waals surface area contributed by atoms with Crippen LogP contribution in [0.3, 0.4) is 0 Å². The van der Waals surface area contributed by atoms with Gasteiger partial charge in [-0.2, -0.15) is 11.8 Å². The second kappa shape index (κ2) is 8.49. The van der Waals surface area contributed by atoms with Crippen LogP contribution in [0.4, 0.5) is 5.69 Å². The number of thiophene rings is 1. The number of hydrogen-bond acceptors (Lipinski definition) is 5. The molecule has 1 aliphatic rings. The zero-order valence-electron chi connectivity index (χ0n) is 15.8. The van der Waals surface area contributed by atoms with Crippen LogP contribution < -0.4 is 10.9 Å². The third kappa shape index (κ3) is 4.15. The molecule has 5 nitrogen and oxygen atoms in total. The maximum atomic E-state index is 12.5. The van der Waals surface area contributed by atoms with Crippen molar-refractivity contribution in [1.29, 1.82) is 0 Å². The molecule has 0 radical (unpaired) electrons. The number of benzene rings is 1. The van der Waals surface area contributed by atoms with E-state index in [2.05, 4.69) is 15.3 Å². The second-order valence-corrected chi connectivity index (χ2v) is 9.26. The number of aromatic nitrogens is 2. The lowest BCUT2D eigenvalue weighted by Gasteiger charge is -2.09. The van der Waals surface area contributed by atoms with E-state index in [0.717, 1.165) is 40.7 Å². The fourth-order valence-electron chi connectivity index (χ4n) is 3.54. The van der Waals surface area contributed by atoms with Gasteiger partial charge in [0.05, 0.1) is 11.1 Å². The van der Waals surface area contributed by atoms with Gasteiger partial charge in [-0.05, 0) is 49.8 Å². The highest BCUT2D eigenvalue weighted by molar-refractivity contribution is 7.98. The first kappa shape index (κ1) is 19.2. The van der Waals surface area contributed by atoms with Crippen molar-refractivity contribution in [1.82, 2.24) is 9.97 Å². The number of carbonyl (C=O) groups excluding carboxylic acids is 1. The fraction of sp³-hybridized carbons (Fsp3) is 0.381. The van der Waals surface area contributed by atoms with Crippen LogP contribution >= 0.6 is 23.1 Å². The molecule has 4 rings (SSSR count). The average Bonchev–Trinajstić information content (AvgIpc) is 3.06. The summed E-state index contributed by atoms with van der Waals surface area (Å²) in [6.45, 7) is 1.98. The summed E-state index contributed by atoms with van der Waals surface area (Å²) in [4.78, 5) is 34.5. The van der Waals surface area contributed by atoms with Gasteiger partial charge in [0.1, 0.15) is 10.7 Å². The molecule has 1 amide bonds. The van der Waals surface area contributed by atoms with E-state index >= 15 is 0 Å². The van der Waals surface area contributed by atoms with Crippen molar-refractivity contribution in [3.63, 3.8) is 0 Å². The highest BCUT2D eigenvalue weighted by Gasteiger charge is 2.19. The Labute approximate surface area is 172 Å². The molecule has 1 aliphatic carbocycles. The van der Waals surface area contributed by atoms with Gasteiger partial charge in [0.25, 0.3) is 5.56 Å². The fourth-order valence-corrected chi connectivity index (χ4v) is 5.62. The third-order valence-electron chi connectivity index (χ3n) is 5.01. The number of para-hydroxylation sites is 1. The topological polar surface area (TPSA) is 74.8 Å². The molecule has 0 aliphatic heterocycles. The first-order valence-corrected chi connectivity index (χ1v) is 11.6. The van der Waals surface area contributed by atoms with Gasteiger partial charge < -0.3 is 10.3 Å². The summed E-state index contributed by atoms with van der Waals surface area (Å²) in [5.41, 5.74) is 3.11. The van der Waals surface area contributed by atoms with Gasteiger partial charge in [-0.15, -0.1) is 11.3 Å². The summed E-state index contributed by atoms with van der Waals surface area (Å²) in [6, 6.07) is 7.75. The second-order valence-electron chi connectivity index (χ2n) is 7.07. The lowest BCUT2D eigenvalue weighted by Crippen LogP contribution is -2.14. The van der Waals surface area contributed by atoms with Gasteiger partial charge in [-0.25, -0.2) is 4.98 Å². The number of hydrogen-bond donors (Lipinski definition) is 2. The van der Waals surface area contributed by atoms with Crippen molar-refractivity contribution < 1.29 is 4.79 Å². The number of nitrogens with zero attached hydrogens (tertiary/aromatic N) is 1. The van der Waals surface area contributed by atoms with Crippen LogP contribution in [0.25, 0.3) is 10.2 Å². The van der Waals surface area contributed by atoms with Crippen LogP contribution in [-0.2, 0) is 23.4 Å². The molecule has 28 heavy (non-hydrogen) atoms. The van der Waals surface area contributed by atoms with Crippen LogP contribution in [0.2, 0.25) is 0 Å². The number of amides is 1. The van der Waals surface area contributed by atoms with Gasteiger partial charge in [-0.1, -0.05) is 18.2 Å². The number of H-pyrrole nitrogens is 1. The Kier molecular flexibility index (Phi) is 5.82. The van der Waals surface area contributed by atoms with Crippen LogP contribution in [0.1, 0.15) is 41.1 Å². The molecule has 0 atom stereocenters. The summed E-state index contributed by atoms with van der Waals surface area (Å²) in [7, 11) is 0. The zero-order valence-corrected chi connectivity index (χ0v) is 17.5. The van der Waals surface area contributed by atoms with E-state index in [4.69, 9.17) is 0 Å². The molecule has 0 fully saturated rings. The Morgan fingerprint density at radius 2 is 2.11 bits per heavy atom. The van der Waals surface area contributed by atoms with Crippen molar-refractivity contribution in [3.05, 3.63) is 56.4 Å². The van der Waals surface area contributed by atoms with Crippen molar-refractivity contribution >= 4 is 44.9 Å². The molecule has 2 heterocycles. The molecule has 146 valence electrons. The Bertz CT molecular complexity index is 1070. The van der Waals surface area contributed by atoms with Gasteiger partial charge >= 0.3 is 0 Å². The number of thioether (sulfide) groups is 1. The zero-order chi connectivity index (χ0) is 19.5. The minimum Gasteiger partial charge on any atom is -0.326 e. The van der Waals surface area contributed by atoms with Crippen LogP contribution in [0.5, 0.6) is 0 Å². The third-order valence-corrected chi connectivity index (χ3v) is 7.16. The number of aryl methyl sites for hydroxylation is 3. The molecule has 2 aromatic heterocycles. The summed E-state index contributed by atoms with van der Waals surface area (Å²) in [5.74, 6) is 1.98. The standard InChI is InChI=1S/C21H23N3O2S2/c1-13-6-2-4-8-15(13)22-18(25)10-11-27-12-17-23-20(26)19-14-7-3-5-9-16(14)28-21(19)24-17/h2,4,6,8H,3,5,7,9-12H2,1H3,(H,22,25)(H,23,24,26). The summed E-state index contributed by atoms with van der Waals surface area (Å²) >= 11 is 3.28. The Morgan fingerprint density at radius 3 is 2.96 bits per heavy atom. The molecule has 1 aromatic carbocycles. The van der Waals surface area contributed by atoms with E-state index in [-0.39, 0.29) is 11.5 Å². The quantitative estimate of drug-likeness (QED) is 0.586. The van der Waals surface area contributed by atoms with Crippen LogP contribution in [0, 0.1) is 6.92 Å². The van der Waals surface area contributed by atoms with E-state index in [1.54, 1.807) is 23.1 Å². The number of rotatable bonds is 6. The van der Waals surface area contributed by atoms with Gasteiger partial charge in [0, 0.05) is 22.7 Å². The van der Waals surface area contributed by atoms with Crippen molar-refractivity contribution in [2.75, 3.05) is 11.1 Å². The predicted molar refractivity (Wildman–Crippen MR) is 117 cm³/mol. The average molecular weight is 414 g/mol. The monoisotopic (exact) mass is 413 g/mol. The van der Waals surface area contributed by atoms with Gasteiger partial charge in [0.15, 0.2) is 0 Å². The van der Waals surface area contributed by atoms with E-state index in [1.807, 2.05) is 31.2 Å². The maximum Gasteiger partial charge on any atom is 0.259 e. The Balaban J connectivity index is 1.34. The first-order chi connectivity index (χ1) is 13.6. The minimum absolute atomic E-state index is 0.00429. The number of nitrogens with one attached hydrogen (secondary N) is 2. The molecule has 2 N–H and O–H groups in total. The van der Waals surface area contributed by atoms with Gasteiger partial charge in [-0.3, -0.25) is 9.59 Å². The summed E-state index contributed by atoms with van der Waals surface area (Å²) in [5, 5.41) is 3.74. The Morgan fingerprint density at radius 1 is 1.29 bits per heavy atom. The Hall–Kier alpha value is -2.12. The maximum absolute atomic E-state index is 12.5. The number of anilines is 1. The lowest BCUT2D eigenvalue weighted by molar-refractivity contribution is -0.115. The molecule has 0 saturated carbocycles. The molecular formula is C21H23N3O2S2. The smallest absolute Gasteiger partial charge is 0.259 e. The van der Waals surface area contributed by atoms with Crippen molar-refractivity contribution in [2.45, 2.75) is 44.8 Å². The first-order valence-electron chi connectivity index (χ1n) is 9.58. The molecule has 3 aromatic rings. The van der Waals surface area contributed by atoms with E-state index in [9.17, 15) is 9.59 Å². The molecule has 0 spiro atoms. The summed E-state index contributed by atoms with van der Waals surface area (Å²) < 4.78 is 0. The lowest BCUT2D eigenvalue weighted by atomic mass is 9.97. The SMILES string of the molecule is Cc1ccccc1NC(=O)CCSCc1nc2sc3c(c2c(=O)[nH]1)CCCC3. The molecule has 0 unspecified atom stereocenters. The van der Waals surface area contributed by atoms with E-state index < -0.39 is 0 Å². The highest BCUT2D eigenvalue weighted by atomic mass is 32.2. The van der Waals surface area contributed by atoms with E-state index in [1.165, 1.54) is 16.9 Å². The van der Waals surface area contributed by atoms with Crippen LogP contribution in [-0.4, -0.2) is 21.6 Å². The molecular weight excluding hydrogens is 390 g/mol. The largest absolute Gasteiger partial charge is 0.326 e. The number of fused-ring (bicyclic) bond motifs is 3. The normalized spacial score (nSPS) is 13.5. The molecule has 7 heteroatoms. The minimum atomic E-state index is -0.0164. The number of aromatic amines is 1. The van der Waals surface area contributed by atoms with Crippen LogP contribution in [0.15, 0.2) is 29.1 Å². The predicted octanol–water partition coefficient (Wildman–Crippen LogP) is 4.43. The highest BCUT2D eigenvalue weighted by Crippen LogP contribution is 2.33. The van der Waals surface area contributed by atoms with E-state index in [0.29, 0.717) is 23.8 Å². The van der Waals surface area contributed by atoms with Gasteiger partial charge in [0.2, 0.25) is 5.91 Å². The molecule has 0 saturated heterocycles. The molecule has 0 bridgehead atoms. The van der Waals surface area contributed by atoms with Crippen molar-refractivity contribution in [2.24, 2.45) is 0 Å². The summed E-state index contributed by atoms with van der Waals surface area (Å²) in [6.07, 6.45) is 4.84. The van der Waals surface area contributed by atoms with Crippen molar-refractivity contribution in [3.8, 4) is 0 Å².